The Morgan fingerprint density at radius 3 is 2.46 bits per heavy atom. The summed E-state index contributed by atoms with van der Waals surface area (Å²) >= 11 is 0. The van der Waals surface area contributed by atoms with E-state index < -0.39 is 5.97 Å². The number of aliphatic carboxylic acids is 1. The molecular formula is C23H30O3. The lowest BCUT2D eigenvalue weighted by molar-refractivity contribution is -0.137. The zero-order valence-electron chi connectivity index (χ0n) is 15.8. The Labute approximate surface area is 156 Å². The molecule has 2 aliphatic rings. The fourth-order valence-electron chi connectivity index (χ4n) is 4.56. The van der Waals surface area contributed by atoms with E-state index in [0.717, 1.165) is 23.3 Å². The predicted molar refractivity (Wildman–Crippen MR) is 105 cm³/mol. The third kappa shape index (κ3) is 4.57. The van der Waals surface area contributed by atoms with Crippen LogP contribution in [-0.2, 0) is 4.79 Å². The van der Waals surface area contributed by atoms with Crippen molar-refractivity contribution in [3.05, 3.63) is 53.6 Å². The molecule has 1 N–H and O–H groups in total. The van der Waals surface area contributed by atoms with E-state index in [4.69, 9.17) is 9.84 Å². The number of allylic oxidation sites excluding steroid dienone is 2. The molecule has 1 aromatic carbocycles. The second-order valence-corrected chi connectivity index (χ2v) is 8.08. The van der Waals surface area contributed by atoms with Gasteiger partial charge in [-0.2, -0.15) is 0 Å². The summed E-state index contributed by atoms with van der Waals surface area (Å²) in [4.78, 5) is 11.1. The summed E-state index contributed by atoms with van der Waals surface area (Å²) < 4.78 is 6.02. The van der Waals surface area contributed by atoms with Crippen molar-refractivity contribution in [2.24, 2.45) is 5.41 Å². The second-order valence-electron chi connectivity index (χ2n) is 8.08. The highest BCUT2D eigenvalue weighted by Crippen LogP contribution is 2.47. The normalized spacial score (nSPS) is 19.8. The fourth-order valence-corrected chi connectivity index (χ4v) is 4.56. The number of benzene rings is 1. The van der Waals surface area contributed by atoms with E-state index in [9.17, 15) is 4.79 Å². The van der Waals surface area contributed by atoms with Crippen molar-refractivity contribution in [1.29, 1.82) is 0 Å². The van der Waals surface area contributed by atoms with Crippen LogP contribution in [0.4, 0.5) is 0 Å². The van der Waals surface area contributed by atoms with Crippen molar-refractivity contribution >= 4 is 5.97 Å². The minimum atomic E-state index is -0.802. The van der Waals surface area contributed by atoms with Crippen LogP contribution in [0.15, 0.2) is 48.1 Å². The largest absolute Gasteiger partial charge is 0.489 e. The van der Waals surface area contributed by atoms with E-state index in [2.05, 4.69) is 12.7 Å². The monoisotopic (exact) mass is 354 g/mol. The van der Waals surface area contributed by atoms with Crippen molar-refractivity contribution < 1.29 is 14.6 Å². The van der Waals surface area contributed by atoms with Crippen LogP contribution in [0.1, 0.15) is 69.8 Å². The van der Waals surface area contributed by atoms with Gasteiger partial charge in [0.25, 0.3) is 0 Å². The van der Waals surface area contributed by atoms with Crippen LogP contribution in [-0.4, -0.2) is 17.7 Å². The van der Waals surface area contributed by atoms with E-state index in [1.54, 1.807) is 0 Å². The van der Waals surface area contributed by atoms with Crippen molar-refractivity contribution in [2.45, 2.75) is 64.2 Å². The summed E-state index contributed by atoms with van der Waals surface area (Å²) in [5, 5.41) is 9.09. The van der Waals surface area contributed by atoms with Crippen LogP contribution in [0.5, 0.6) is 5.75 Å². The molecule has 0 amide bonds. The highest BCUT2D eigenvalue weighted by molar-refractivity contribution is 5.68. The molecule has 3 rings (SSSR count). The van der Waals surface area contributed by atoms with Crippen molar-refractivity contribution in [3.8, 4) is 5.75 Å². The van der Waals surface area contributed by atoms with Gasteiger partial charge in [0, 0.05) is 5.92 Å². The third-order valence-electron chi connectivity index (χ3n) is 5.96. The van der Waals surface area contributed by atoms with E-state index in [-0.39, 0.29) is 12.3 Å². The molecule has 0 radical (unpaired) electrons. The molecule has 1 atom stereocenters. The van der Waals surface area contributed by atoms with Gasteiger partial charge < -0.3 is 9.84 Å². The number of rotatable bonds is 7. The van der Waals surface area contributed by atoms with Crippen LogP contribution in [0.25, 0.3) is 0 Å². The zero-order chi connectivity index (χ0) is 18.6. The van der Waals surface area contributed by atoms with Crippen LogP contribution in [0, 0.1) is 5.41 Å². The highest BCUT2D eigenvalue weighted by Gasteiger charge is 2.33. The number of hydrogen-bond donors (Lipinski definition) is 1. The number of hydrogen-bond acceptors (Lipinski definition) is 2. The van der Waals surface area contributed by atoms with Crippen molar-refractivity contribution in [2.75, 3.05) is 6.61 Å². The lowest BCUT2D eigenvalue weighted by Crippen LogP contribution is -2.19. The summed E-state index contributed by atoms with van der Waals surface area (Å²) in [6, 6.07) is 7.82. The van der Waals surface area contributed by atoms with Crippen LogP contribution in [0.3, 0.4) is 0 Å². The van der Waals surface area contributed by atoms with Gasteiger partial charge in [-0.25, -0.2) is 0 Å². The Kier molecular flexibility index (Phi) is 5.85. The molecule has 0 aliphatic heterocycles. The van der Waals surface area contributed by atoms with Crippen LogP contribution < -0.4 is 4.74 Å². The molecule has 0 heterocycles. The standard InChI is InChI=1S/C23H30O3/c1-17(2)21(14-22(24)25)19-7-9-20(10-8-19)26-16-18-6-5-13-23(15-18)11-3-4-12-23/h7-10,15,21H,1,3-6,11-14,16H2,2H3,(H,24,25)/t21-/m1/s1. The SMILES string of the molecule is C=C(C)[C@@H](CC(=O)O)c1ccc(OCC2=CC3(CCCC3)CCC2)cc1. The second kappa shape index (κ2) is 8.11. The zero-order valence-corrected chi connectivity index (χ0v) is 15.8. The molecule has 0 unspecified atom stereocenters. The molecule has 140 valence electrons. The summed E-state index contributed by atoms with van der Waals surface area (Å²) in [6.07, 6.45) is 11.8. The molecule has 1 aromatic rings. The Bertz CT molecular complexity index is 678. The third-order valence-corrected chi connectivity index (χ3v) is 5.96. The molecule has 0 aromatic heterocycles. The van der Waals surface area contributed by atoms with Gasteiger partial charge in [0.1, 0.15) is 12.4 Å². The van der Waals surface area contributed by atoms with Gasteiger partial charge in [-0.1, -0.05) is 43.2 Å². The molecule has 0 bridgehead atoms. The van der Waals surface area contributed by atoms with Gasteiger partial charge >= 0.3 is 5.97 Å². The van der Waals surface area contributed by atoms with Crippen LogP contribution in [0.2, 0.25) is 0 Å². The maximum Gasteiger partial charge on any atom is 0.304 e. The summed E-state index contributed by atoms with van der Waals surface area (Å²) in [5.41, 5.74) is 3.75. The quantitative estimate of drug-likeness (QED) is 0.623. The van der Waals surface area contributed by atoms with Gasteiger partial charge in [0.2, 0.25) is 0 Å². The van der Waals surface area contributed by atoms with E-state index in [0.29, 0.717) is 12.0 Å². The summed E-state index contributed by atoms with van der Waals surface area (Å²) in [7, 11) is 0. The molecule has 1 saturated carbocycles. The molecule has 2 aliphatic carbocycles. The first-order valence-electron chi connectivity index (χ1n) is 9.78. The molecular weight excluding hydrogens is 324 g/mol. The van der Waals surface area contributed by atoms with Gasteiger partial charge in [-0.3, -0.25) is 4.79 Å². The Balaban J connectivity index is 1.61. The number of ether oxygens (including phenoxy) is 1. The molecule has 0 saturated heterocycles. The summed E-state index contributed by atoms with van der Waals surface area (Å²) in [5.74, 6) is -0.107. The number of carboxylic acids is 1. The minimum absolute atomic E-state index is 0.0739. The maximum absolute atomic E-state index is 11.1. The van der Waals surface area contributed by atoms with Crippen molar-refractivity contribution in [1.82, 2.24) is 0 Å². The van der Waals surface area contributed by atoms with Crippen LogP contribution >= 0.6 is 0 Å². The summed E-state index contributed by atoms with van der Waals surface area (Å²) in [6.45, 7) is 6.49. The first-order chi connectivity index (χ1) is 12.5. The lowest BCUT2D eigenvalue weighted by Gasteiger charge is -2.31. The molecule has 1 fully saturated rings. The van der Waals surface area contributed by atoms with Crippen molar-refractivity contribution in [3.63, 3.8) is 0 Å². The van der Waals surface area contributed by atoms with E-state index in [1.807, 2.05) is 31.2 Å². The topological polar surface area (TPSA) is 46.5 Å². The Hall–Kier alpha value is -2.03. The van der Waals surface area contributed by atoms with Gasteiger partial charge in [-0.05, 0) is 67.7 Å². The molecule has 1 spiro atoms. The number of carbonyl (C=O) groups is 1. The highest BCUT2D eigenvalue weighted by atomic mass is 16.5. The average molecular weight is 354 g/mol. The first-order valence-corrected chi connectivity index (χ1v) is 9.78. The van der Waals surface area contributed by atoms with Gasteiger partial charge in [0.05, 0.1) is 6.42 Å². The Morgan fingerprint density at radius 1 is 1.19 bits per heavy atom. The van der Waals surface area contributed by atoms with Gasteiger partial charge in [-0.15, -0.1) is 0 Å². The molecule has 26 heavy (non-hydrogen) atoms. The molecule has 3 heteroatoms. The number of carboxylic acid groups (broad SMARTS) is 1. The lowest BCUT2D eigenvalue weighted by atomic mass is 9.75. The van der Waals surface area contributed by atoms with E-state index >= 15 is 0 Å². The fraction of sp³-hybridized carbons (Fsp3) is 0.522. The smallest absolute Gasteiger partial charge is 0.304 e. The van der Waals surface area contributed by atoms with E-state index in [1.165, 1.54) is 44.1 Å². The molecule has 3 nitrogen and oxygen atoms in total. The Morgan fingerprint density at radius 2 is 1.85 bits per heavy atom. The first kappa shape index (κ1) is 18.8. The minimum Gasteiger partial charge on any atom is -0.489 e. The van der Waals surface area contributed by atoms with Gasteiger partial charge in [0.15, 0.2) is 0 Å². The maximum atomic E-state index is 11.1. The predicted octanol–water partition coefficient (Wildman–Crippen LogP) is 5.87. The average Bonchev–Trinajstić information content (AvgIpc) is 3.06.